The lowest BCUT2D eigenvalue weighted by atomic mass is 10.0. The molecule has 0 heterocycles. The SMILES string of the molecule is C/C=C(/C)c1cc(NCC)ccc1NCC. The van der Waals surface area contributed by atoms with E-state index in [0.717, 1.165) is 13.1 Å². The van der Waals surface area contributed by atoms with E-state index in [1.165, 1.54) is 22.5 Å². The Balaban J connectivity index is 3.10. The fraction of sp³-hybridized carbons (Fsp3) is 0.429. The van der Waals surface area contributed by atoms with Crippen LogP contribution in [0.4, 0.5) is 11.4 Å². The van der Waals surface area contributed by atoms with Crippen LogP contribution in [0.25, 0.3) is 5.57 Å². The van der Waals surface area contributed by atoms with Gasteiger partial charge >= 0.3 is 0 Å². The summed E-state index contributed by atoms with van der Waals surface area (Å²) in [5, 5.41) is 6.73. The van der Waals surface area contributed by atoms with E-state index >= 15 is 0 Å². The first-order valence-corrected chi connectivity index (χ1v) is 5.98. The molecule has 0 aromatic heterocycles. The molecule has 2 nitrogen and oxygen atoms in total. The smallest absolute Gasteiger partial charge is 0.0417 e. The van der Waals surface area contributed by atoms with Crippen LogP contribution in [-0.4, -0.2) is 13.1 Å². The van der Waals surface area contributed by atoms with Gasteiger partial charge in [-0.1, -0.05) is 6.08 Å². The molecule has 2 N–H and O–H groups in total. The lowest BCUT2D eigenvalue weighted by Gasteiger charge is -2.13. The van der Waals surface area contributed by atoms with Crippen LogP contribution in [0.5, 0.6) is 0 Å². The molecule has 0 aliphatic heterocycles. The van der Waals surface area contributed by atoms with E-state index in [9.17, 15) is 0 Å². The molecular formula is C14H22N2. The summed E-state index contributed by atoms with van der Waals surface area (Å²) in [6.07, 6.45) is 2.14. The fourth-order valence-corrected chi connectivity index (χ4v) is 1.68. The molecule has 0 fully saturated rings. The molecular weight excluding hydrogens is 196 g/mol. The van der Waals surface area contributed by atoms with Crippen molar-refractivity contribution in [2.75, 3.05) is 23.7 Å². The van der Waals surface area contributed by atoms with Gasteiger partial charge in [0, 0.05) is 30.0 Å². The minimum atomic E-state index is 0.949. The number of anilines is 2. The monoisotopic (exact) mass is 218 g/mol. The first kappa shape index (κ1) is 12.6. The molecule has 1 aromatic rings. The van der Waals surface area contributed by atoms with Crippen LogP contribution in [-0.2, 0) is 0 Å². The molecule has 0 saturated heterocycles. The van der Waals surface area contributed by atoms with Crippen molar-refractivity contribution in [2.45, 2.75) is 27.7 Å². The third kappa shape index (κ3) is 3.02. The maximum atomic E-state index is 3.39. The second-order valence-corrected chi connectivity index (χ2v) is 3.79. The summed E-state index contributed by atoms with van der Waals surface area (Å²) in [6, 6.07) is 6.47. The largest absolute Gasteiger partial charge is 0.385 e. The highest BCUT2D eigenvalue weighted by Crippen LogP contribution is 2.27. The normalized spacial score (nSPS) is 11.4. The molecule has 0 aliphatic rings. The summed E-state index contributed by atoms with van der Waals surface area (Å²) < 4.78 is 0. The Labute approximate surface area is 98.8 Å². The molecule has 0 bridgehead atoms. The van der Waals surface area contributed by atoms with Crippen LogP contribution in [0, 0.1) is 0 Å². The van der Waals surface area contributed by atoms with E-state index < -0.39 is 0 Å². The van der Waals surface area contributed by atoms with E-state index in [1.54, 1.807) is 0 Å². The third-order valence-corrected chi connectivity index (χ3v) is 2.63. The van der Waals surface area contributed by atoms with Gasteiger partial charge in [-0.15, -0.1) is 0 Å². The van der Waals surface area contributed by atoms with Crippen molar-refractivity contribution in [3.05, 3.63) is 29.8 Å². The molecule has 16 heavy (non-hydrogen) atoms. The van der Waals surface area contributed by atoms with Gasteiger partial charge in [-0.3, -0.25) is 0 Å². The lowest BCUT2D eigenvalue weighted by Crippen LogP contribution is -2.02. The van der Waals surface area contributed by atoms with Gasteiger partial charge in [0.1, 0.15) is 0 Å². The number of hydrogen-bond donors (Lipinski definition) is 2. The van der Waals surface area contributed by atoms with E-state index in [4.69, 9.17) is 0 Å². The number of rotatable bonds is 5. The van der Waals surface area contributed by atoms with Crippen LogP contribution in [0.3, 0.4) is 0 Å². The summed E-state index contributed by atoms with van der Waals surface area (Å²) in [5.41, 5.74) is 4.97. The van der Waals surface area contributed by atoms with E-state index in [-0.39, 0.29) is 0 Å². The van der Waals surface area contributed by atoms with Crippen LogP contribution < -0.4 is 10.6 Å². The average molecular weight is 218 g/mol. The van der Waals surface area contributed by atoms with Gasteiger partial charge in [0.05, 0.1) is 0 Å². The maximum absolute atomic E-state index is 3.39. The number of nitrogens with one attached hydrogen (secondary N) is 2. The Morgan fingerprint density at radius 3 is 2.44 bits per heavy atom. The molecule has 0 spiro atoms. The number of allylic oxidation sites excluding steroid dienone is 2. The van der Waals surface area contributed by atoms with Crippen molar-refractivity contribution in [2.24, 2.45) is 0 Å². The maximum Gasteiger partial charge on any atom is 0.0417 e. The summed E-state index contributed by atoms with van der Waals surface area (Å²) in [4.78, 5) is 0. The van der Waals surface area contributed by atoms with Crippen LogP contribution in [0.1, 0.15) is 33.3 Å². The fourth-order valence-electron chi connectivity index (χ4n) is 1.68. The highest BCUT2D eigenvalue weighted by atomic mass is 14.9. The van der Waals surface area contributed by atoms with Gasteiger partial charge in [0.25, 0.3) is 0 Å². The zero-order valence-electron chi connectivity index (χ0n) is 10.7. The van der Waals surface area contributed by atoms with Crippen molar-refractivity contribution in [3.8, 4) is 0 Å². The third-order valence-electron chi connectivity index (χ3n) is 2.63. The first-order valence-electron chi connectivity index (χ1n) is 5.98. The zero-order chi connectivity index (χ0) is 12.0. The average Bonchev–Trinajstić information content (AvgIpc) is 2.31. The minimum Gasteiger partial charge on any atom is -0.385 e. The lowest BCUT2D eigenvalue weighted by molar-refractivity contribution is 1.19. The van der Waals surface area contributed by atoms with Gasteiger partial charge in [0.2, 0.25) is 0 Å². The molecule has 0 amide bonds. The van der Waals surface area contributed by atoms with Gasteiger partial charge < -0.3 is 10.6 Å². The van der Waals surface area contributed by atoms with Crippen LogP contribution in [0.15, 0.2) is 24.3 Å². The predicted molar refractivity (Wildman–Crippen MR) is 74.1 cm³/mol. The van der Waals surface area contributed by atoms with Crippen molar-refractivity contribution >= 4 is 16.9 Å². The van der Waals surface area contributed by atoms with Crippen molar-refractivity contribution in [3.63, 3.8) is 0 Å². The van der Waals surface area contributed by atoms with Gasteiger partial charge in [0.15, 0.2) is 0 Å². The quantitative estimate of drug-likeness (QED) is 0.781. The van der Waals surface area contributed by atoms with E-state index in [1.807, 2.05) is 0 Å². The summed E-state index contributed by atoms with van der Waals surface area (Å²) in [7, 11) is 0. The summed E-state index contributed by atoms with van der Waals surface area (Å²) in [5.74, 6) is 0. The van der Waals surface area contributed by atoms with E-state index in [2.05, 4.69) is 62.6 Å². The van der Waals surface area contributed by atoms with Crippen molar-refractivity contribution in [1.82, 2.24) is 0 Å². The predicted octanol–water partition coefficient (Wildman–Crippen LogP) is 3.97. The first-order chi connectivity index (χ1) is 7.72. The second kappa shape index (κ2) is 6.21. The summed E-state index contributed by atoms with van der Waals surface area (Å²) >= 11 is 0. The molecule has 0 saturated carbocycles. The molecule has 0 aliphatic carbocycles. The Hall–Kier alpha value is -1.44. The topological polar surface area (TPSA) is 24.1 Å². The Kier molecular flexibility index (Phi) is 4.90. The molecule has 88 valence electrons. The molecule has 1 aromatic carbocycles. The molecule has 2 heteroatoms. The number of benzene rings is 1. The van der Waals surface area contributed by atoms with Gasteiger partial charge in [-0.05, 0) is 51.5 Å². The van der Waals surface area contributed by atoms with E-state index in [0.29, 0.717) is 0 Å². The number of hydrogen-bond acceptors (Lipinski definition) is 2. The molecule has 1 rings (SSSR count). The Bertz CT molecular complexity index is 367. The second-order valence-electron chi connectivity index (χ2n) is 3.79. The minimum absolute atomic E-state index is 0.949. The standard InChI is InChI=1S/C14H22N2/c1-5-11(4)13-10-12(15-6-2)8-9-14(13)16-7-3/h5,8-10,15-16H,6-7H2,1-4H3/b11-5-. The summed E-state index contributed by atoms with van der Waals surface area (Å²) in [6.45, 7) is 10.4. The van der Waals surface area contributed by atoms with Gasteiger partial charge in [-0.25, -0.2) is 0 Å². The van der Waals surface area contributed by atoms with Crippen molar-refractivity contribution < 1.29 is 0 Å². The van der Waals surface area contributed by atoms with Crippen molar-refractivity contribution in [1.29, 1.82) is 0 Å². The molecule has 0 atom stereocenters. The van der Waals surface area contributed by atoms with Crippen LogP contribution in [0.2, 0.25) is 0 Å². The Morgan fingerprint density at radius 1 is 1.19 bits per heavy atom. The molecule has 0 radical (unpaired) electrons. The van der Waals surface area contributed by atoms with Gasteiger partial charge in [-0.2, -0.15) is 0 Å². The van der Waals surface area contributed by atoms with Crippen LogP contribution >= 0.6 is 0 Å². The Morgan fingerprint density at radius 2 is 1.88 bits per heavy atom. The highest BCUT2D eigenvalue weighted by molar-refractivity contribution is 5.78. The zero-order valence-corrected chi connectivity index (χ0v) is 10.7. The highest BCUT2D eigenvalue weighted by Gasteiger charge is 2.04. The molecule has 0 unspecified atom stereocenters.